The second kappa shape index (κ2) is 8.77. The van der Waals surface area contributed by atoms with Crippen molar-refractivity contribution in [2.45, 2.75) is 82.5 Å². The number of aromatic nitrogens is 1. The number of nitrogens with one attached hydrogen (secondary N) is 1. The first-order valence-electron chi connectivity index (χ1n) is 12.0. The van der Waals surface area contributed by atoms with E-state index in [1.54, 1.807) is 11.2 Å². The summed E-state index contributed by atoms with van der Waals surface area (Å²) in [5, 5.41) is 3.31. The highest BCUT2D eigenvalue weighted by molar-refractivity contribution is 6.00. The lowest BCUT2D eigenvalue weighted by Gasteiger charge is -2.45. The maximum Gasteiger partial charge on any atom is 0.271 e. The molecular formula is C25H33N3O4. The number of carbonyl (C=O) groups excluding carboxylic acids is 2. The topological polar surface area (TPSA) is 76.7 Å². The maximum absolute atomic E-state index is 13.8. The van der Waals surface area contributed by atoms with Gasteiger partial charge in [-0.05, 0) is 56.9 Å². The molecule has 1 N–H and O–H groups in total. The van der Waals surface area contributed by atoms with Crippen LogP contribution in [0, 0.1) is 0 Å². The smallest absolute Gasteiger partial charge is 0.271 e. The Kier molecular flexibility index (Phi) is 5.84. The van der Waals surface area contributed by atoms with E-state index in [2.05, 4.69) is 5.32 Å². The van der Waals surface area contributed by atoms with Gasteiger partial charge in [-0.15, -0.1) is 0 Å². The molecule has 5 rings (SSSR count). The molecule has 3 aliphatic rings. The summed E-state index contributed by atoms with van der Waals surface area (Å²) in [6.45, 7) is 3.45. The van der Waals surface area contributed by atoms with Gasteiger partial charge in [0.05, 0.1) is 24.6 Å². The minimum absolute atomic E-state index is 0.0185. The monoisotopic (exact) mass is 439 g/mol. The van der Waals surface area contributed by atoms with Gasteiger partial charge in [0, 0.05) is 19.2 Å². The average Bonchev–Trinajstić information content (AvgIpc) is 3.52. The van der Waals surface area contributed by atoms with Crippen LogP contribution in [0.3, 0.4) is 0 Å². The number of hydrogen-bond acceptors (Lipinski definition) is 4. The molecule has 1 saturated heterocycles. The van der Waals surface area contributed by atoms with Gasteiger partial charge in [-0.1, -0.05) is 25.7 Å². The predicted octanol–water partition coefficient (Wildman–Crippen LogP) is 3.98. The molecule has 0 bridgehead atoms. The van der Waals surface area contributed by atoms with E-state index in [4.69, 9.17) is 9.15 Å². The van der Waals surface area contributed by atoms with Crippen LogP contribution in [0.1, 0.15) is 68.8 Å². The van der Waals surface area contributed by atoms with Gasteiger partial charge in [0.1, 0.15) is 17.0 Å². The van der Waals surface area contributed by atoms with Crippen LogP contribution < -0.4 is 5.32 Å². The fraction of sp³-hybridized carbons (Fsp3) is 0.600. The van der Waals surface area contributed by atoms with Crippen molar-refractivity contribution in [2.75, 3.05) is 13.2 Å². The Morgan fingerprint density at radius 1 is 1.09 bits per heavy atom. The molecule has 7 nitrogen and oxygen atoms in total. The summed E-state index contributed by atoms with van der Waals surface area (Å²) in [6, 6.07) is 7.64. The van der Waals surface area contributed by atoms with E-state index in [-0.39, 0.29) is 24.0 Å². The van der Waals surface area contributed by atoms with Crippen LogP contribution in [0.15, 0.2) is 34.9 Å². The summed E-state index contributed by atoms with van der Waals surface area (Å²) in [4.78, 5) is 29.2. The van der Waals surface area contributed by atoms with Crippen molar-refractivity contribution in [2.24, 2.45) is 0 Å². The molecule has 0 spiro atoms. The average molecular weight is 440 g/mol. The third-order valence-corrected chi connectivity index (χ3v) is 7.37. The zero-order valence-corrected chi connectivity index (χ0v) is 18.8. The van der Waals surface area contributed by atoms with Crippen molar-refractivity contribution < 1.29 is 18.7 Å². The molecule has 4 heterocycles. The lowest BCUT2D eigenvalue weighted by atomic mass is 9.93. The van der Waals surface area contributed by atoms with Crippen LogP contribution in [0.5, 0.6) is 0 Å². The fourth-order valence-electron chi connectivity index (χ4n) is 5.46. The molecule has 1 saturated carbocycles. The van der Waals surface area contributed by atoms with E-state index in [0.29, 0.717) is 24.5 Å². The first kappa shape index (κ1) is 21.3. The van der Waals surface area contributed by atoms with Crippen LogP contribution in [0.4, 0.5) is 0 Å². The minimum Gasteiger partial charge on any atom is -0.463 e. The van der Waals surface area contributed by atoms with E-state index in [1.165, 1.54) is 12.8 Å². The zero-order valence-electron chi connectivity index (χ0n) is 18.8. The molecule has 172 valence electrons. The Balaban J connectivity index is 1.48. The quantitative estimate of drug-likeness (QED) is 0.715. The van der Waals surface area contributed by atoms with Crippen LogP contribution in [-0.4, -0.2) is 52.1 Å². The fourth-order valence-corrected chi connectivity index (χ4v) is 5.46. The van der Waals surface area contributed by atoms with E-state index in [1.807, 2.05) is 35.8 Å². The SMILES string of the molecule is C[C@]1(C(=O)NC2CCCCCC2)Cn2c(ccc2-c2ccco2)C(=O)N1C[C@H]1CCCO1. The first-order valence-corrected chi connectivity index (χ1v) is 12.0. The highest BCUT2D eigenvalue weighted by Gasteiger charge is 2.49. The summed E-state index contributed by atoms with van der Waals surface area (Å²) >= 11 is 0. The minimum atomic E-state index is -0.997. The van der Waals surface area contributed by atoms with Crippen LogP contribution >= 0.6 is 0 Å². The van der Waals surface area contributed by atoms with Gasteiger partial charge in [0.2, 0.25) is 5.91 Å². The van der Waals surface area contributed by atoms with Gasteiger partial charge in [-0.25, -0.2) is 0 Å². The number of furan rings is 1. The first-order chi connectivity index (χ1) is 15.6. The molecule has 32 heavy (non-hydrogen) atoms. The lowest BCUT2D eigenvalue weighted by molar-refractivity contribution is -0.134. The molecule has 0 radical (unpaired) electrons. The molecule has 2 aromatic heterocycles. The third kappa shape index (κ3) is 3.87. The zero-order chi connectivity index (χ0) is 22.1. The van der Waals surface area contributed by atoms with E-state index in [0.717, 1.165) is 50.8 Å². The molecule has 2 aliphatic heterocycles. The molecule has 7 heteroatoms. The van der Waals surface area contributed by atoms with E-state index < -0.39 is 5.54 Å². The van der Waals surface area contributed by atoms with Gasteiger partial charge < -0.3 is 23.9 Å². The number of carbonyl (C=O) groups is 2. The summed E-state index contributed by atoms with van der Waals surface area (Å²) in [5.74, 6) is 0.506. The van der Waals surface area contributed by atoms with Crippen molar-refractivity contribution in [1.82, 2.24) is 14.8 Å². The van der Waals surface area contributed by atoms with Crippen LogP contribution in [-0.2, 0) is 16.1 Å². The van der Waals surface area contributed by atoms with Crippen LogP contribution in [0.25, 0.3) is 11.5 Å². The number of ether oxygens (including phenoxy) is 1. The Bertz CT molecular complexity index is 952. The molecular weight excluding hydrogens is 406 g/mol. The van der Waals surface area contributed by atoms with Gasteiger partial charge in [0.15, 0.2) is 0 Å². The van der Waals surface area contributed by atoms with Crippen molar-refractivity contribution in [3.8, 4) is 11.5 Å². The second-order valence-corrected chi connectivity index (χ2v) is 9.65. The molecule has 2 aromatic rings. The summed E-state index contributed by atoms with van der Waals surface area (Å²) in [5.41, 5.74) is 0.417. The highest BCUT2D eigenvalue weighted by atomic mass is 16.5. The number of hydrogen-bond donors (Lipinski definition) is 1. The van der Waals surface area contributed by atoms with Crippen molar-refractivity contribution in [3.05, 3.63) is 36.2 Å². The molecule has 0 aromatic carbocycles. The van der Waals surface area contributed by atoms with Gasteiger partial charge in [0.25, 0.3) is 5.91 Å². The number of rotatable bonds is 5. The number of amides is 2. The van der Waals surface area contributed by atoms with Gasteiger partial charge in [-0.2, -0.15) is 0 Å². The molecule has 2 atom stereocenters. The van der Waals surface area contributed by atoms with Gasteiger partial charge >= 0.3 is 0 Å². The highest BCUT2D eigenvalue weighted by Crippen LogP contribution is 2.34. The molecule has 2 fully saturated rings. The summed E-state index contributed by atoms with van der Waals surface area (Å²) < 4.78 is 13.4. The Hall–Kier alpha value is -2.54. The standard InChI is InChI=1S/C25H33N3O4/c1-25(24(30)26-18-8-4-2-3-5-9-18)17-27-20(22-11-7-15-32-22)12-13-21(27)23(29)28(25)16-19-10-6-14-31-19/h7,11-13,15,18-19H,2-6,8-10,14,16-17H2,1H3,(H,26,30)/t19-,25-/m1/s1. The molecule has 2 amide bonds. The Morgan fingerprint density at radius 2 is 1.88 bits per heavy atom. The second-order valence-electron chi connectivity index (χ2n) is 9.65. The number of nitrogens with zero attached hydrogens (tertiary/aromatic N) is 2. The third-order valence-electron chi connectivity index (χ3n) is 7.37. The van der Waals surface area contributed by atoms with Crippen molar-refractivity contribution in [1.29, 1.82) is 0 Å². The Labute approximate surface area is 189 Å². The van der Waals surface area contributed by atoms with Crippen LogP contribution in [0.2, 0.25) is 0 Å². The maximum atomic E-state index is 13.8. The normalized spacial score (nSPS) is 26.7. The number of fused-ring (bicyclic) bond motifs is 1. The molecule has 0 unspecified atom stereocenters. The van der Waals surface area contributed by atoms with Crippen molar-refractivity contribution >= 4 is 11.8 Å². The van der Waals surface area contributed by atoms with E-state index >= 15 is 0 Å². The summed E-state index contributed by atoms with van der Waals surface area (Å²) in [7, 11) is 0. The molecule has 1 aliphatic carbocycles. The largest absolute Gasteiger partial charge is 0.463 e. The summed E-state index contributed by atoms with van der Waals surface area (Å²) in [6.07, 6.45) is 10.3. The lowest BCUT2D eigenvalue weighted by Crippen LogP contribution is -2.66. The van der Waals surface area contributed by atoms with Crippen molar-refractivity contribution in [3.63, 3.8) is 0 Å². The predicted molar refractivity (Wildman–Crippen MR) is 120 cm³/mol. The van der Waals surface area contributed by atoms with E-state index in [9.17, 15) is 9.59 Å². The van der Waals surface area contributed by atoms with Gasteiger partial charge in [-0.3, -0.25) is 9.59 Å². The Morgan fingerprint density at radius 3 is 2.56 bits per heavy atom.